The van der Waals surface area contributed by atoms with Crippen molar-refractivity contribution < 1.29 is 13.2 Å². The van der Waals surface area contributed by atoms with Crippen LogP contribution in [0.4, 0.5) is 13.2 Å². The van der Waals surface area contributed by atoms with Crippen LogP contribution in [0.5, 0.6) is 0 Å². The fraction of sp³-hybridized carbons (Fsp3) is 0.0227. The lowest BCUT2D eigenvalue weighted by Crippen LogP contribution is -2.12. The van der Waals surface area contributed by atoms with E-state index in [1.807, 2.05) is 100 Å². The van der Waals surface area contributed by atoms with Crippen molar-refractivity contribution in [2.24, 2.45) is 0 Å². The molecule has 0 aliphatic rings. The number of hydrogen-bond donors (Lipinski definition) is 0. The third-order valence-electron chi connectivity index (χ3n) is 9.60. The van der Waals surface area contributed by atoms with Gasteiger partial charge >= 0.3 is 6.18 Å². The number of aromatic nitrogens is 3. The van der Waals surface area contributed by atoms with Gasteiger partial charge in [-0.3, -0.25) is 0 Å². The van der Waals surface area contributed by atoms with Gasteiger partial charge in [0.25, 0.3) is 0 Å². The highest BCUT2D eigenvalue weighted by Crippen LogP contribution is 2.45. The van der Waals surface area contributed by atoms with Crippen molar-refractivity contribution in [3.63, 3.8) is 0 Å². The second-order valence-corrected chi connectivity index (χ2v) is 12.6. The lowest BCUT2D eigenvalue weighted by atomic mass is 9.99. The molecule has 0 atom stereocenters. The van der Waals surface area contributed by atoms with Crippen LogP contribution >= 0.6 is 0 Å². The van der Waals surface area contributed by atoms with E-state index in [4.69, 9.17) is 4.98 Å². The molecule has 0 bridgehead atoms. The lowest BCUT2D eigenvalue weighted by Gasteiger charge is -2.22. The van der Waals surface area contributed by atoms with E-state index >= 15 is 13.2 Å². The maximum atomic E-state index is 15.5. The first kappa shape index (κ1) is 30.9. The third-order valence-corrected chi connectivity index (χ3v) is 9.60. The summed E-state index contributed by atoms with van der Waals surface area (Å²) in [5, 5.41) is 23.2. The zero-order valence-corrected chi connectivity index (χ0v) is 27.2. The Morgan fingerprint density at radius 3 is 1.54 bits per heavy atom. The first-order valence-electron chi connectivity index (χ1n) is 16.5. The quantitative estimate of drug-likeness (QED) is 0.186. The normalized spacial score (nSPS) is 11.7. The summed E-state index contributed by atoms with van der Waals surface area (Å²) < 4.78 is 50.2. The Bertz CT molecular complexity index is 2980. The summed E-state index contributed by atoms with van der Waals surface area (Å²) in [5.41, 5.74) is 4.70. The molecule has 3 aromatic heterocycles. The van der Waals surface area contributed by atoms with Crippen molar-refractivity contribution in [3.05, 3.63) is 162 Å². The predicted molar refractivity (Wildman–Crippen MR) is 198 cm³/mol. The van der Waals surface area contributed by atoms with E-state index in [1.165, 1.54) is 6.07 Å². The molecule has 0 unspecified atom stereocenters. The van der Waals surface area contributed by atoms with Crippen LogP contribution in [-0.2, 0) is 6.18 Å². The van der Waals surface area contributed by atoms with Crippen LogP contribution < -0.4 is 0 Å². The molecule has 5 nitrogen and oxygen atoms in total. The zero-order chi connectivity index (χ0) is 35.6. The standard InChI is InChI=1S/C44H24F3N5/c45-44(46,47)35-24-43(52-39-16-7-5-12-31(39)33-20-18-28(26-49)22-41(33)52)42(23-34(35)37-14-8-13-36(50-37)29-9-2-1-3-10-29)51-38-15-6-4-11-30(38)32-19-17-27(25-48)21-40(32)51/h1-24H. The molecule has 0 aliphatic carbocycles. The van der Waals surface area contributed by atoms with Gasteiger partial charge in [-0.15, -0.1) is 0 Å². The van der Waals surface area contributed by atoms with E-state index in [9.17, 15) is 10.5 Å². The largest absolute Gasteiger partial charge is 0.417 e. The minimum absolute atomic E-state index is 0.0927. The van der Waals surface area contributed by atoms with Gasteiger partial charge in [0.1, 0.15) is 0 Å². The van der Waals surface area contributed by atoms with Crippen LogP contribution in [0.25, 0.3) is 77.5 Å². The molecular formula is C44H24F3N5. The predicted octanol–water partition coefficient (Wildman–Crippen LogP) is 11.4. The summed E-state index contributed by atoms with van der Waals surface area (Å²) in [6, 6.07) is 47.5. The Morgan fingerprint density at radius 1 is 0.481 bits per heavy atom. The Kier molecular flexibility index (Phi) is 6.96. The van der Waals surface area contributed by atoms with Gasteiger partial charge in [0.2, 0.25) is 0 Å². The summed E-state index contributed by atoms with van der Waals surface area (Å²) in [5.74, 6) is 0. The fourth-order valence-corrected chi connectivity index (χ4v) is 7.34. The highest BCUT2D eigenvalue weighted by atomic mass is 19.4. The minimum atomic E-state index is -4.77. The third kappa shape index (κ3) is 4.81. The van der Waals surface area contributed by atoms with Crippen molar-refractivity contribution in [3.8, 4) is 46.0 Å². The SMILES string of the molecule is N#Cc1ccc2c3ccccc3n(-c3cc(-c4cccc(-c5ccccc5)n4)c(C(F)(F)F)cc3-n3c4ccccc4c4ccc(C#N)cc43)c2c1. The molecule has 0 saturated carbocycles. The molecule has 0 radical (unpaired) electrons. The van der Waals surface area contributed by atoms with E-state index in [0.717, 1.165) is 32.6 Å². The number of alkyl halides is 3. The smallest absolute Gasteiger partial charge is 0.307 e. The fourth-order valence-electron chi connectivity index (χ4n) is 7.34. The van der Waals surface area contributed by atoms with Crippen LogP contribution in [0, 0.1) is 22.7 Å². The number of para-hydroxylation sites is 2. The maximum Gasteiger partial charge on any atom is 0.417 e. The van der Waals surface area contributed by atoms with Crippen molar-refractivity contribution in [1.29, 1.82) is 10.5 Å². The van der Waals surface area contributed by atoms with E-state index in [-0.39, 0.29) is 16.9 Å². The van der Waals surface area contributed by atoms with Crippen LogP contribution in [0.2, 0.25) is 0 Å². The van der Waals surface area contributed by atoms with Crippen molar-refractivity contribution in [2.75, 3.05) is 0 Å². The van der Waals surface area contributed by atoms with Gasteiger partial charge in [-0.2, -0.15) is 23.7 Å². The Hall–Kier alpha value is -7.16. The van der Waals surface area contributed by atoms with Crippen molar-refractivity contribution >= 4 is 43.6 Å². The van der Waals surface area contributed by atoms with Crippen LogP contribution in [0.1, 0.15) is 16.7 Å². The number of halogens is 3. The Balaban J connectivity index is 1.48. The van der Waals surface area contributed by atoms with Crippen LogP contribution in [0.3, 0.4) is 0 Å². The first-order chi connectivity index (χ1) is 25.3. The minimum Gasteiger partial charge on any atom is -0.307 e. The summed E-state index contributed by atoms with van der Waals surface area (Å²) in [7, 11) is 0. The molecule has 9 aromatic rings. The number of hydrogen-bond acceptors (Lipinski definition) is 3. The topological polar surface area (TPSA) is 70.3 Å². The van der Waals surface area contributed by atoms with Crippen molar-refractivity contribution in [2.45, 2.75) is 6.18 Å². The summed E-state index contributed by atoms with van der Waals surface area (Å²) >= 11 is 0. The molecule has 0 N–H and O–H groups in total. The first-order valence-corrected chi connectivity index (χ1v) is 16.5. The van der Waals surface area contributed by atoms with Gasteiger partial charge in [0.05, 0.1) is 73.7 Å². The van der Waals surface area contributed by atoms with E-state index in [2.05, 4.69) is 12.1 Å². The molecule has 6 aromatic carbocycles. The van der Waals surface area contributed by atoms with Crippen LogP contribution in [-0.4, -0.2) is 14.1 Å². The molecule has 9 rings (SSSR count). The highest BCUT2D eigenvalue weighted by Gasteiger charge is 2.36. The van der Waals surface area contributed by atoms with Gasteiger partial charge < -0.3 is 9.13 Å². The maximum absolute atomic E-state index is 15.5. The zero-order valence-electron chi connectivity index (χ0n) is 27.2. The van der Waals surface area contributed by atoms with Crippen molar-refractivity contribution in [1.82, 2.24) is 14.1 Å². The molecule has 3 heterocycles. The second-order valence-electron chi connectivity index (χ2n) is 12.6. The molecular weight excluding hydrogens is 656 g/mol. The van der Waals surface area contributed by atoms with E-state index < -0.39 is 11.7 Å². The van der Waals surface area contributed by atoms with Gasteiger partial charge in [-0.1, -0.05) is 84.9 Å². The number of nitrogens with zero attached hydrogens (tertiary/aromatic N) is 5. The lowest BCUT2D eigenvalue weighted by molar-refractivity contribution is -0.137. The van der Waals surface area contributed by atoms with E-state index in [1.54, 1.807) is 48.5 Å². The molecule has 0 amide bonds. The number of rotatable bonds is 4. The Labute approximate surface area is 295 Å². The van der Waals surface area contributed by atoms with Gasteiger partial charge in [-0.05, 0) is 60.7 Å². The summed E-state index contributed by atoms with van der Waals surface area (Å²) in [6.07, 6.45) is -4.77. The second kappa shape index (κ2) is 11.7. The molecule has 0 spiro atoms. The Morgan fingerprint density at radius 2 is 0.981 bits per heavy atom. The van der Waals surface area contributed by atoms with E-state index in [0.29, 0.717) is 39.1 Å². The molecule has 246 valence electrons. The molecule has 0 saturated heterocycles. The average molecular weight is 680 g/mol. The molecule has 52 heavy (non-hydrogen) atoms. The number of benzene rings is 6. The van der Waals surface area contributed by atoms with Gasteiger partial charge in [0, 0.05) is 32.7 Å². The average Bonchev–Trinajstić information content (AvgIpc) is 3.69. The molecule has 0 fully saturated rings. The van der Waals surface area contributed by atoms with Gasteiger partial charge in [-0.25, -0.2) is 4.98 Å². The summed E-state index contributed by atoms with van der Waals surface area (Å²) in [6.45, 7) is 0. The van der Waals surface area contributed by atoms with Crippen LogP contribution in [0.15, 0.2) is 146 Å². The highest BCUT2D eigenvalue weighted by molar-refractivity contribution is 6.12. The summed E-state index contributed by atoms with van der Waals surface area (Å²) in [4.78, 5) is 4.78. The molecule has 0 aliphatic heterocycles. The number of pyridine rings is 1. The number of nitriles is 2. The molecule has 8 heteroatoms. The van der Waals surface area contributed by atoms with Gasteiger partial charge in [0.15, 0.2) is 0 Å². The number of fused-ring (bicyclic) bond motifs is 6. The monoisotopic (exact) mass is 679 g/mol.